The average Bonchev–Trinajstić information content (AvgIpc) is 2.54. The molecule has 1 aromatic carbocycles. The van der Waals surface area contributed by atoms with Gasteiger partial charge in [-0.3, -0.25) is 9.59 Å². The highest BCUT2D eigenvalue weighted by atomic mass is 35.5. The van der Waals surface area contributed by atoms with Crippen LogP contribution in [0.1, 0.15) is 18.4 Å². The molecular weight excluding hydrogens is 337 g/mol. The minimum Gasteiger partial charge on any atom is -0.355 e. The van der Waals surface area contributed by atoms with Crippen LogP contribution in [0.5, 0.6) is 0 Å². The Kier molecular flexibility index (Phi) is 8.37. The minimum atomic E-state index is -0.130. The lowest BCUT2D eigenvalue weighted by Crippen LogP contribution is -2.46. The maximum Gasteiger partial charge on any atom is 0.227 e. The van der Waals surface area contributed by atoms with Gasteiger partial charge in [-0.2, -0.15) is 0 Å². The first kappa shape index (κ1) is 19.7. The Morgan fingerprint density at radius 2 is 2.00 bits per heavy atom. The summed E-state index contributed by atoms with van der Waals surface area (Å²) in [6.45, 7) is 2.11. The van der Waals surface area contributed by atoms with Gasteiger partial charge in [0.15, 0.2) is 0 Å². The summed E-state index contributed by atoms with van der Waals surface area (Å²) in [5.41, 5.74) is 6.32. The number of nitrogens with two attached hydrogens (primary N) is 1. The van der Waals surface area contributed by atoms with Gasteiger partial charge in [0, 0.05) is 31.2 Å². The lowest BCUT2D eigenvalue weighted by atomic mass is 9.96. The fourth-order valence-corrected chi connectivity index (χ4v) is 2.77. The maximum absolute atomic E-state index is 12.4. The largest absolute Gasteiger partial charge is 0.355 e. The lowest BCUT2D eigenvalue weighted by molar-refractivity contribution is -0.135. The summed E-state index contributed by atoms with van der Waals surface area (Å²) in [6.07, 6.45) is 2.02. The lowest BCUT2D eigenvalue weighted by Gasteiger charge is -2.32. The molecule has 2 amide bonds. The van der Waals surface area contributed by atoms with E-state index in [0.29, 0.717) is 37.6 Å². The molecular formula is C16H23Cl2N3O2. The number of amides is 2. The highest BCUT2D eigenvalue weighted by molar-refractivity contribution is 6.30. The number of nitrogens with one attached hydrogen (secondary N) is 1. The summed E-state index contributed by atoms with van der Waals surface area (Å²) < 4.78 is 0. The van der Waals surface area contributed by atoms with E-state index in [2.05, 4.69) is 5.32 Å². The summed E-state index contributed by atoms with van der Waals surface area (Å²) in [5.74, 6) is -0.0810. The Bertz CT molecular complexity index is 523. The smallest absolute Gasteiger partial charge is 0.227 e. The number of halogens is 2. The third-order valence-corrected chi connectivity index (χ3v) is 4.11. The van der Waals surface area contributed by atoms with E-state index >= 15 is 0 Å². The topological polar surface area (TPSA) is 75.4 Å². The summed E-state index contributed by atoms with van der Waals surface area (Å²) in [6, 6.07) is 7.28. The van der Waals surface area contributed by atoms with Crippen LogP contribution in [0.15, 0.2) is 24.3 Å². The number of benzene rings is 1. The molecule has 0 bridgehead atoms. The van der Waals surface area contributed by atoms with E-state index in [9.17, 15) is 9.59 Å². The molecule has 1 atom stereocenters. The van der Waals surface area contributed by atoms with Gasteiger partial charge in [-0.15, -0.1) is 12.4 Å². The number of likely N-dealkylation sites (tertiary alicyclic amines) is 1. The van der Waals surface area contributed by atoms with Crippen LogP contribution in [0.2, 0.25) is 5.02 Å². The van der Waals surface area contributed by atoms with Crippen molar-refractivity contribution in [2.24, 2.45) is 11.7 Å². The van der Waals surface area contributed by atoms with Crippen LogP contribution in [0, 0.1) is 5.92 Å². The second-order valence-corrected chi connectivity index (χ2v) is 6.00. The van der Waals surface area contributed by atoms with Crippen LogP contribution in [0.25, 0.3) is 0 Å². The molecule has 23 heavy (non-hydrogen) atoms. The Morgan fingerprint density at radius 1 is 1.30 bits per heavy atom. The second-order valence-electron chi connectivity index (χ2n) is 5.56. The number of rotatable bonds is 5. The second kappa shape index (κ2) is 9.75. The van der Waals surface area contributed by atoms with Crippen LogP contribution in [0.3, 0.4) is 0 Å². The SMILES string of the molecule is Cl.NCCNC(=O)C1CCCN(C(=O)Cc2ccc(Cl)cc2)C1. The summed E-state index contributed by atoms with van der Waals surface area (Å²) in [5, 5.41) is 3.46. The van der Waals surface area contributed by atoms with E-state index in [1.165, 1.54) is 0 Å². The molecule has 0 aromatic heterocycles. The van der Waals surface area contributed by atoms with E-state index in [4.69, 9.17) is 17.3 Å². The van der Waals surface area contributed by atoms with Gasteiger partial charge in [0.2, 0.25) is 11.8 Å². The fraction of sp³-hybridized carbons (Fsp3) is 0.500. The Balaban J connectivity index is 0.00000264. The predicted octanol–water partition coefficient (Wildman–Crippen LogP) is 1.62. The van der Waals surface area contributed by atoms with E-state index in [1.807, 2.05) is 12.1 Å². The average molecular weight is 360 g/mol. The molecule has 1 aromatic rings. The van der Waals surface area contributed by atoms with Crippen molar-refractivity contribution in [3.63, 3.8) is 0 Å². The fourth-order valence-electron chi connectivity index (χ4n) is 2.65. The van der Waals surface area contributed by atoms with Gasteiger partial charge in [0.1, 0.15) is 0 Å². The Morgan fingerprint density at radius 3 is 2.65 bits per heavy atom. The molecule has 7 heteroatoms. The van der Waals surface area contributed by atoms with Crippen LogP contribution in [-0.2, 0) is 16.0 Å². The van der Waals surface area contributed by atoms with E-state index in [0.717, 1.165) is 18.4 Å². The molecule has 1 saturated heterocycles. The van der Waals surface area contributed by atoms with Crippen LogP contribution < -0.4 is 11.1 Å². The van der Waals surface area contributed by atoms with Crippen LogP contribution in [0.4, 0.5) is 0 Å². The molecule has 1 aliphatic rings. The van der Waals surface area contributed by atoms with Crippen molar-refractivity contribution in [2.75, 3.05) is 26.2 Å². The first-order valence-corrected chi connectivity index (χ1v) is 7.98. The molecule has 1 heterocycles. The summed E-state index contributed by atoms with van der Waals surface area (Å²) in [7, 11) is 0. The molecule has 1 unspecified atom stereocenters. The number of carbonyl (C=O) groups excluding carboxylic acids is 2. The van der Waals surface area contributed by atoms with Gasteiger partial charge in [-0.25, -0.2) is 0 Å². The molecule has 2 rings (SSSR count). The zero-order valence-electron chi connectivity index (χ0n) is 13.0. The van der Waals surface area contributed by atoms with Gasteiger partial charge >= 0.3 is 0 Å². The van der Waals surface area contributed by atoms with Crippen LogP contribution in [-0.4, -0.2) is 42.9 Å². The normalized spacial score (nSPS) is 17.3. The third kappa shape index (κ3) is 6.01. The first-order chi connectivity index (χ1) is 10.6. The minimum absolute atomic E-state index is 0. The molecule has 0 radical (unpaired) electrons. The van der Waals surface area contributed by atoms with E-state index in [-0.39, 0.29) is 30.1 Å². The highest BCUT2D eigenvalue weighted by Gasteiger charge is 2.28. The number of carbonyl (C=O) groups is 2. The Hall–Kier alpha value is -1.30. The maximum atomic E-state index is 12.4. The molecule has 0 aliphatic carbocycles. The van der Waals surface area contributed by atoms with Gasteiger partial charge in [0.25, 0.3) is 0 Å². The molecule has 128 valence electrons. The van der Waals surface area contributed by atoms with Gasteiger partial charge < -0.3 is 16.0 Å². The monoisotopic (exact) mass is 359 g/mol. The van der Waals surface area contributed by atoms with Crippen molar-refractivity contribution in [2.45, 2.75) is 19.3 Å². The van der Waals surface area contributed by atoms with Gasteiger partial charge in [-0.05, 0) is 30.5 Å². The van der Waals surface area contributed by atoms with Crippen molar-refractivity contribution in [3.8, 4) is 0 Å². The van der Waals surface area contributed by atoms with Crippen molar-refractivity contribution in [1.82, 2.24) is 10.2 Å². The van der Waals surface area contributed by atoms with Gasteiger partial charge in [0.05, 0.1) is 12.3 Å². The van der Waals surface area contributed by atoms with E-state index < -0.39 is 0 Å². The highest BCUT2D eigenvalue weighted by Crippen LogP contribution is 2.18. The van der Waals surface area contributed by atoms with Crippen LogP contribution >= 0.6 is 24.0 Å². The van der Waals surface area contributed by atoms with Crippen molar-refractivity contribution >= 4 is 35.8 Å². The van der Waals surface area contributed by atoms with Gasteiger partial charge in [-0.1, -0.05) is 23.7 Å². The zero-order valence-corrected chi connectivity index (χ0v) is 14.5. The molecule has 5 nitrogen and oxygen atoms in total. The molecule has 0 spiro atoms. The van der Waals surface area contributed by atoms with Crippen molar-refractivity contribution in [3.05, 3.63) is 34.9 Å². The molecule has 1 fully saturated rings. The molecule has 3 N–H and O–H groups in total. The number of piperidine rings is 1. The third-order valence-electron chi connectivity index (χ3n) is 3.86. The number of nitrogens with zero attached hydrogens (tertiary/aromatic N) is 1. The van der Waals surface area contributed by atoms with Crippen molar-refractivity contribution in [1.29, 1.82) is 0 Å². The van der Waals surface area contributed by atoms with E-state index in [1.54, 1.807) is 17.0 Å². The standard InChI is InChI=1S/C16H22ClN3O2.ClH/c17-14-5-3-12(4-6-14)10-15(21)20-9-1-2-13(11-20)16(22)19-8-7-18;/h3-6,13H,1-2,7-11,18H2,(H,19,22);1H. The molecule has 1 aliphatic heterocycles. The number of hydrogen-bond acceptors (Lipinski definition) is 3. The Labute approximate surface area is 148 Å². The first-order valence-electron chi connectivity index (χ1n) is 7.60. The zero-order chi connectivity index (χ0) is 15.9. The number of hydrogen-bond donors (Lipinski definition) is 2. The predicted molar refractivity (Wildman–Crippen MR) is 93.8 cm³/mol. The summed E-state index contributed by atoms with van der Waals surface area (Å²) in [4.78, 5) is 26.2. The van der Waals surface area contributed by atoms with Crippen molar-refractivity contribution < 1.29 is 9.59 Å². The quantitative estimate of drug-likeness (QED) is 0.838. The summed E-state index contributed by atoms with van der Waals surface area (Å²) >= 11 is 5.84. The molecule has 0 saturated carbocycles.